The standard InChI is InChI=1S/C23H22ClN3O2S/c1-29-21(28)13-14-6-7-18-15(12-14)10-11-27(18)23-16-4-2-3-5-17(16)25-22(26-23)19-8-9-20(24)30-19/h6-9,12H,2-5,10-11,13H2,1H3. The first-order valence-corrected chi connectivity index (χ1v) is 11.4. The van der Waals surface area contributed by atoms with Crippen LogP contribution in [0.25, 0.3) is 10.7 Å². The zero-order valence-electron chi connectivity index (χ0n) is 16.8. The molecule has 1 aromatic carbocycles. The van der Waals surface area contributed by atoms with E-state index in [1.165, 1.54) is 53.8 Å². The number of rotatable bonds is 4. The SMILES string of the molecule is COC(=O)Cc1ccc2c(c1)CCN2c1nc(-c2ccc(Cl)s2)nc2c1CCCC2. The molecule has 2 aromatic heterocycles. The van der Waals surface area contributed by atoms with Crippen LogP contribution in [0.15, 0.2) is 30.3 Å². The van der Waals surface area contributed by atoms with Crippen LogP contribution in [0.1, 0.15) is 35.2 Å². The van der Waals surface area contributed by atoms with Gasteiger partial charge >= 0.3 is 5.97 Å². The van der Waals surface area contributed by atoms with Crippen molar-refractivity contribution in [3.63, 3.8) is 0 Å². The number of aromatic nitrogens is 2. The Kier molecular flexibility index (Phi) is 5.21. The molecular weight excluding hydrogens is 418 g/mol. The van der Waals surface area contributed by atoms with Crippen LogP contribution in [-0.4, -0.2) is 29.6 Å². The molecule has 3 aromatic rings. The van der Waals surface area contributed by atoms with Crippen LogP contribution < -0.4 is 4.90 Å². The van der Waals surface area contributed by atoms with Crippen molar-refractivity contribution >= 4 is 40.4 Å². The summed E-state index contributed by atoms with van der Waals surface area (Å²) in [5, 5.41) is 0. The zero-order valence-corrected chi connectivity index (χ0v) is 18.4. The zero-order chi connectivity index (χ0) is 20.7. The normalized spacial score (nSPS) is 15.1. The summed E-state index contributed by atoms with van der Waals surface area (Å²) in [7, 11) is 1.42. The Bertz CT molecular complexity index is 1130. The highest BCUT2D eigenvalue weighted by Gasteiger charge is 2.28. The van der Waals surface area contributed by atoms with Crippen molar-refractivity contribution in [2.24, 2.45) is 0 Å². The lowest BCUT2D eigenvalue weighted by molar-refractivity contribution is -0.139. The van der Waals surface area contributed by atoms with Crippen molar-refractivity contribution in [3.8, 4) is 10.7 Å². The van der Waals surface area contributed by atoms with Crippen molar-refractivity contribution in [2.45, 2.75) is 38.5 Å². The van der Waals surface area contributed by atoms with Gasteiger partial charge in [-0.2, -0.15) is 0 Å². The summed E-state index contributed by atoms with van der Waals surface area (Å²) < 4.78 is 5.56. The molecule has 1 aliphatic carbocycles. The van der Waals surface area contributed by atoms with Gasteiger partial charge in [0.25, 0.3) is 0 Å². The van der Waals surface area contributed by atoms with Gasteiger partial charge in [-0.1, -0.05) is 23.7 Å². The quantitative estimate of drug-likeness (QED) is 0.526. The van der Waals surface area contributed by atoms with Crippen LogP contribution >= 0.6 is 22.9 Å². The number of benzene rings is 1. The average Bonchev–Trinajstić information content (AvgIpc) is 3.39. The van der Waals surface area contributed by atoms with E-state index in [0.717, 1.165) is 52.2 Å². The molecule has 7 heteroatoms. The van der Waals surface area contributed by atoms with Crippen LogP contribution in [0.2, 0.25) is 4.34 Å². The number of esters is 1. The number of halogens is 1. The Balaban J connectivity index is 1.56. The van der Waals surface area contributed by atoms with Gasteiger partial charge in [0.05, 0.1) is 22.7 Å². The first-order valence-electron chi connectivity index (χ1n) is 10.2. The van der Waals surface area contributed by atoms with Crippen LogP contribution in [0.3, 0.4) is 0 Å². The highest BCUT2D eigenvalue weighted by molar-refractivity contribution is 7.19. The van der Waals surface area contributed by atoms with Gasteiger partial charge in [-0.05, 0) is 61.4 Å². The van der Waals surface area contributed by atoms with E-state index in [-0.39, 0.29) is 5.97 Å². The van der Waals surface area contributed by atoms with Crippen molar-refractivity contribution in [3.05, 3.63) is 57.1 Å². The monoisotopic (exact) mass is 439 g/mol. The highest BCUT2D eigenvalue weighted by atomic mass is 35.5. The molecule has 5 rings (SSSR count). The molecule has 0 amide bonds. The lowest BCUT2D eigenvalue weighted by Gasteiger charge is -2.26. The smallest absolute Gasteiger partial charge is 0.309 e. The topological polar surface area (TPSA) is 55.3 Å². The number of carbonyl (C=O) groups excluding carboxylic acids is 1. The number of aryl methyl sites for hydroxylation is 1. The van der Waals surface area contributed by atoms with E-state index in [2.05, 4.69) is 17.0 Å². The second-order valence-electron chi connectivity index (χ2n) is 7.72. The first-order chi connectivity index (χ1) is 14.6. The maximum atomic E-state index is 11.6. The Hall–Kier alpha value is -2.44. The van der Waals surface area contributed by atoms with E-state index >= 15 is 0 Å². The van der Waals surface area contributed by atoms with E-state index < -0.39 is 0 Å². The van der Waals surface area contributed by atoms with Crippen LogP contribution in [0.4, 0.5) is 11.5 Å². The predicted octanol–water partition coefficient (Wildman–Crippen LogP) is 5.15. The summed E-state index contributed by atoms with van der Waals surface area (Å²) in [5.41, 5.74) is 5.85. The van der Waals surface area contributed by atoms with Crippen LogP contribution in [0, 0.1) is 0 Å². The van der Waals surface area contributed by atoms with E-state index in [0.29, 0.717) is 6.42 Å². The Morgan fingerprint density at radius 2 is 2.03 bits per heavy atom. The summed E-state index contributed by atoms with van der Waals surface area (Å²) in [6.07, 6.45) is 5.59. The molecule has 3 heterocycles. The van der Waals surface area contributed by atoms with Gasteiger partial charge in [-0.25, -0.2) is 9.97 Å². The Labute approximate surface area is 184 Å². The molecule has 2 aliphatic rings. The molecule has 0 unspecified atom stereocenters. The molecular formula is C23H22ClN3O2S. The molecule has 0 saturated heterocycles. The minimum absolute atomic E-state index is 0.214. The summed E-state index contributed by atoms with van der Waals surface area (Å²) in [5.74, 6) is 1.57. The van der Waals surface area contributed by atoms with Gasteiger partial charge in [0.2, 0.25) is 0 Å². The van der Waals surface area contributed by atoms with Crippen LogP contribution in [-0.2, 0) is 35.2 Å². The minimum atomic E-state index is -0.214. The van der Waals surface area contributed by atoms with Crippen molar-refractivity contribution in [1.82, 2.24) is 9.97 Å². The molecule has 0 saturated carbocycles. The Morgan fingerprint density at radius 1 is 1.17 bits per heavy atom. The highest BCUT2D eigenvalue weighted by Crippen LogP contribution is 2.40. The fourth-order valence-electron chi connectivity index (χ4n) is 4.37. The lowest BCUT2D eigenvalue weighted by atomic mass is 9.96. The number of hydrogen-bond donors (Lipinski definition) is 0. The number of methoxy groups -OCH3 is 1. The first kappa shape index (κ1) is 19.5. The largest absolute Gasteiger partial charge is 0.469 e. The molecule has 0 spiro atoms. The van der Waals surface area contributed by atoms with E-state index in [9.17, 15) is 4.79 Å². The molecule has 1 aliphatic heterocycles. The Morgan fingerprint density at radius 3 is 2.83 bits per heavy atom. The third kappa shape index (κ3) is 3.59. The summed E-state index contributed by atoms with van der Waals surface area (Å²) >= 11 is 7.68. The molecule has 5 nitrogen and oxygen atoms in total. The number of anilines is 2. The molecule has 0 radical (unpaired) electrons. The molecule has 30 heavy (non-hydrogen) atoms. The fraction of sp³-hybridized carbons (Fsp3) is 0.348. The van der Waals surface area contributed by atoms with E-state index in [4.69, 9.17) is 26.3 Å². The average molecular weight is 440 g/mol. The maximum absolute atomic E-state index is 11.6. The van der Waals surface area contributed by atoms with Gasteiger partial charge in [-0.3, -0.25) is 4.79 Å². The van der Waals surface area contributed by atoms with Gasteiger partial charge < -0.3 is 9.64 Å². The summed E-state index contributed by atoms with van der Waals surface area (Å²) in [6.45, 7) is 0.880. The van der Waals surface area contributed by atoms with Gasteiger partial charge in [0.1, 0.15) is 5.82 Å². The van der Waals surface area contributed by atoms with Gasteiger partial charge in [0, 0.05) is 23.5 Å². The molecule has 0 atom stereocenters. The van der Waals surface area contributed by atoms with E-state index in [1.807, 2.05) is 18.2 Å². The molecule has 154 valence electrons. The number of carbonyl (C=O) groups is 1. The van der Waals surface area contributed by atoms with Crippen molar-refractivity contribution < 1.29 is 9.53 Å². The third-order valence-electron chi connectivity index (χ3n) is 5.83. The van der Waals surface area contributed by atoms with Gasteiger partial charge in [0.15, 0.2) is 5.82 Å². The predicted molar refractivity (Wildman–Crippen MR) is 120 cm³/mol. The second kappa shape index (κ2) is 8.00. The maximum Gasteiger partial charge on any atom is 0.309 e. The van der Waals surface area contributed by atoms with Crippen molar-refractivity contribution in [1.29, 1.82) is 0 Å². The van der Waals surface area contributed by atoms with Crippen molar-refractivity contribution in [2.75, 3.05) is 18.6 Å². The van der Waals surface area contributed by atoms with Gasteiger partial charge in [-0.15, -0.1) is 11.3 Å². The third-order valence-corrected chi connectivity index (χ3v) is 7.05. The number of hydrogen-bond acceptors (Lipinski definition) is 6. The number of thiophene rings is 1. The number of fused-ring (bicyclic) bond motifs is 2. The van der Waals surface area contributed by atoms with E-state index in [1.54, 1.807) is 0 Å². The fourth-order valence-corrected chi connectivity index (χ4v) is 5.34. The lowest BCUT2D eigenvalue weighted by Crippen LogP contribution is -2.20. The molecule has 0 bridgehead atoms. The second-order valence-corrected chi connectivity index (χ2v) is 9.44. The molecule has 0 N–H and O–H groups in total. The molecule has 0 fully saturated rings. The minimum Gasteiger partial charge on any atom is -0.469 e. The number of nitrogens with zero attached hydrogens (tertiary/aromatic N) is 3. The summed E-state index contributed by atoms with van der Waals surface area (Å²) in [6, 6.07) is 10.2. The van der Waals surface area contributed by atoms with Crippen LogP contribution in [0.5, 0.6) is 0 Å². The number of ether oxygens (including phenoxy) is 1. The summed E-state index contributed by atoms with van der Waals surface area (Å²) in [4.78, 5) is 24.9.